The monoisotopic (exact) mass is 243 g/mol. The third kappa shape index (κ3) is 3.00. The van der Waals surface area contributed by atoms with Gasteiger partial charge in [-0.1, -0.05) is 12.1 Å². The summed E-state index contributed by atoms with van der Waals surface area (Å²) in [5, 5.41) is 30.8. The van der Waals surface area contributed by atoms with Crippen LogP contribution in [0.4, 0.5) is 4.39 Å². The zero-order valence-electron chi connectivity index (χ0n) is 9.22. The average molecular weight is 243 g/mol. The first-order valence-corrected chi connectivity index (χ1v) is 5.01. The van der Waals surface area contributed by atoms with E-state index in [-0.39, 0.29) is 12.1 Å². The van der Waals surface area contributed by atoms with Gasteiger partial charge >= 0.3 is 5.97 Å². The van der Waals surface area contributed by atoms with E-state index in [4.69, 9.17) is 5.11 Å². The number of hydrogen-bond acceptors (Lipinski definition) is 4. The SMILES string of the molecule is CNCC(O)C(O)c1cccc(F)c1C(=O)O. The van der Waals surface area contributed by atoms with E-state index in [0.717, 1.165) is 6.07 Å². The summed E-state index contributed by atoms with van der Waals surface area (Å²) in [6.45, 7) is 0.0662. The van der Waals surface area contributed by atoms with Crippen molar-refractivity contribution in [1.29, 1.82) is 0 Å². The van der Waals surface area contributed by atoms with E-state index < -0.39 is 29.6 Å². The van der Waals surface area contributed by atoms with Crippen molar-refractivity contribution < 1.29 is 24.5 Å². The Hall–Kier alpha value is -1.50. The third-order valence-electron chi connectivity index (χ3n) is 2.36. The number of carboxylic acid groups (broad SMARTS) is 1. The third-order valence-corrected chi connectivity index (χ3v) is 2.36. The number of likely N-dealkylation sites (N-methyl/N-ethyl adjacent to an activating group) is 1. The Balaban J connectivity index is 3.13. The fourth-order valence-electron chi connectivity index (χ4n) is 1.54. The van der Waals surface area contributed by atoms with Crippen LogP contribution in [0.15, 0.2) is 18.2 Å². The van der Waals surface area contributed by atoms with Crippen molar-refractivity contribution >= 4 is 5.97 Å². The van der Waals surface area contributed by atoms with Gasteiger partial charge in [0.15, 0.2) is 0 Å². The Kier molecular flexibility index (Phi) is 4.56. The highest BCUT2D eigenvalue weighted by Crippen LogP contribution is 2.23. The fraction of sp³-hybridized carbons (Fsp3) is 0.364. The molecule has 0 aliphatic rings. The van der Waals surface area contributed by atoms with Crippen molar-refractivity contribution in [3.05, 3.63) is 35.1 Å². The average Bonchev–Trinajstić information content (AvgIpc) is 2.27. The van der Waals surface area contributed by atoms with E-state index in [9.17, 15) is 19.4 Å². The van der Waals surface area contributed by atoms with Crippen LogP contribution >= 0.6 is 0 Å². The molecule has 0 spiro atoms. The second-order valence-electron chi connectivity index (χ2n) is 3.58. The summed E-state index contributed by atoms with van der Waals surface area (Å²) in [6.07, 6.45) is -2.66. The minimum atomic E-state index is -1.48. The molecule has 94 valence electrons. The van der Waals surface area contributed by atoms with Crippen molar-refractivity contribution in [2.75, 3.05) is 13.6 Å². The molecule has 0 heterocycles. The minimum absolute atomic E-state index is 0.0662. The van der Waals surface area contributed by atoms with Crippen molar-refractivity contribution in [2.45, 2.75) is 12.2 Å². The van der Waals surface area contributed by atoms with Crippen LogP contribution in [0, 0.1) is 5.82 Å². The zero-order chi connectivity index (χ0) is 13.0. The number of hydrogen-bond donors (Lipinski definition) is 4. The van der Waals surface area contributed by atoms with Crippen LogP contribution < -0.4 is 5.32 Å². The summed E-state index contributed by atoms with van der Waals surface area (Å²) in [5.41, 5.74) is -0.754. The fourth-order valence-corrected chi connectivity index (χ4v) is 1.54. The van der Waals surface area contributed by atoms with Gasteiger partial charge < -0.3 is 20.6 Å². The van der Waals surface area contributed by atoms with Gasteiger partial charge in [-0.05, 0) is 13.1 Å². The lowest BCUT2D eigenvalue weighted by Crippen LogP contribution is -2.30. The first kappa shape index (κ1) is 13.6. The molecule has 0 radical (unpaired) electrons. The molecule has 0 saturated heterocycles. The van der Waals surface area contributed by atoms with E-state index >= 15 is 0 Å². The molecule has 0 aromatic heterocycles. The summed E-state index contributed by atoms with van der Waals surface area (Å²) in [7, 11) is 1.57. The lowest BCUT2D eigenvalue weighted by atomic mass is 9.98. The molecule has 17 heavy (non-hydrogen) atoms. The van der Waals surface area contributed by atoms with E-state index in [0.29, 0.717) is 0 Å². The van der Waals surface area contributed by atoms with Gasteiger partial charge in [0.25, 0.3) is 0 Å². The van der Waals surface area contributed by atoms with Gasteiger partial charge in [0.1, 0.15) is 17.5 Å². The van der Waals surface area contributed by atoms with Crippen LogP contribution in [0.25, 0.3) is 0 Å². The highest BCUT2D eigenvalue weighted by atomic mass is 19.1. The molecule has 0 amide bonds. The van der Waals surface area contributed by atoms with Crippen LogP contribution in [0.1, 0.15) is 22.0 Å². The Labute approximate surface area is 97.5 Å². The van der Waals surface area contributed by atoms with Gasteiger partial charge in [-0.3, -0.25) is 0 Å². The molecule has 0 aliphatic heterocycles. The van der Waals surface area contributed by atoms with Gasteiger partial charge in [-0.2, -0.15) is 0 Å². The molecule has 0 aliphatic carbocycles. The Bertz CT molecular complexity index is 410. The highest BCUT2D eigenvalue weighted by molar-refractivity contribution is 5.89. The quantitative estimate of drug-likeness (QED) is 0.590. The maximum Gasteiger partial charge on any atom is 0.339 e. The van der Waals surface area contributed by atoms with Gasteiger partial charge in [-0.25, -0.2) is 9.18 Å². The number of halogens is 1. The van der Waals surface area contributed by atoms with Crippen LogP contribution in [0.2, 0.25) is 0 Å². The maximum atomic E-state index is 13.3. The first-order valence-electron chi connectivity index (χ1n) is 5.01. The number of benzene rings is 1. The summed E-state index contributed by atoms with van der Waals surface area (Å²) >= 11 is 0. The molecular formula is C11H14FNO4. The van der Waals surface area contributed by atoms with Crippen LogP contribution in [-0.2, 0) is 0 Å². The summed E-state index contributed by atoms with van der Waals surface area (Å²) in [5.74, 6) is -2.42. The smallest absolute Gasteiger partial charge is 0.339 e. The number of carbonyl (C=O) groups is 1. The van der Waals surface area contributed by atoms with E-state index in [2.05, 4.69) is 5.32 Å². The van der Waals surface area contributed by atoms with Crippen LogP contribution in [0.3, 0.4) is 0 Å². The molecule has 1 aromatic rings. The second-order valence-corrected chi connectivity index (χ2v) is 3.58. The lowest BCUT2D eigenvalue weighted by Gasteiger charge is -2.19. The predicted octanol–water partition coefficient (Wildman–Crippen LogP) is 0.138. The molecule has 2 unspecified atom stereocenters. The van der Waals surface area contributed by atoms with Crippen LogP contribution in [-0.4, -0.2) is 41.0 Å². The molecule has 0 bridgehead atoms. The molecule has 4 N–H and O–H groups in total. The van der Waals surface area contributed by atoms with Gasteiger partial charge in [0, 0.05) is 12.1 Å². The molecular weight excluding hydrogens is 229 g/mol. The molecule has 1 rings (SSSR count). The molecule has 2 atom stereocenters. The summed E-state index contributed by atoms with van der Waals surface area (Å²) < 4.78 is 13.3. The molecule has 0 saturated carbocycles. The van der Waals surface area contributed by atoms with Crippen molar-refractivity contribution in [2.24, 2.45) is 0 Å². The van der Waals surface area contributed by atoms with Crippen LogP contribution in [0.5, 0.6) is 0 Å². The Morgan fingerprint density at radius 2 is 2.12 bits per heavy atom. The van der Waals surface area contributed by atoms with Gasteiger partial charge in [-0.15, -0.1) is 0 Å². The number of carboxylic acids is 1. The molecule has 0 fully saturated rings. The Morgan fingerprint density at radius 3 is 2.65 bits per heavy atom. The van der Waals surface area contributed by atoms with Gasteiger partial charge in [0.05, 0.1) is 6.10 Å². The standard InChI is InChI=1S/C11H14FNO4/c1-13-5-8(14)10(15)6-3-2-4-7(12)9(6)11(16)17/h2-4,8,10,13-15H,5H2,1H3,(H,16,17). The number of nitrogens with one attached hydrogen (secondary N) is 1. The lowest BCUT2D eigenvalue weighted by molar-refractivity contribution is 0.0189. The number of rotatable bonds is 5. The second kappa shape index (κ2) is 5.72. The zero-order valence-corrected chi connectivity index (χ0v) is 9.22. The largest absolute Gasteiger partial charge is 0.478 e. The highest BCUT2D eigenvalue weighted by Gasteiger charge is 2.25. The molecule has 6 heteroatoms. The minimum Gasteiger partial charge on any atom is -0.478 e. The van der Waals surface area contributed by atoms with E-state index in [1.165, 1.54) is 12.1 Å². The predicted molar refractivity (Wildman–Crippen MR) is 58.3 cm³/mol. The first-order chi connectivity index (χ1) is 7.99. The summed E-state index contributed by atoms with van der Waals surface area (Å²) in [4.78, 5) is 10.9. The van der Waals surface area contributed by atoms with E-state index in [1.807, 2.05) is 0 Å². The number of aliphatic hydroxyl groups excluding tert-OH is 2. The van der Waals surface area contributed by atoms with Gasteiger partial charge in [0.2, 0.25) is 0 Å². The Morgan fingerprint density at radius 1 is 1.47 bits per heavy atom. The summed E-state index contributed by atoms with van der Waals surface area (Å²) in [6, 6.07) is 3.55. The molecule has 1 aromatic carbocycles. The van der Waals surface area contributed by atoms with Crippen molar-refractivity contribution in [3.8, 4) is 0 Å². The number of aliphatic hydroxyl groups is 2. The molecule has 5 nitrogen and oxygen atoms in total. The topological polar surface area (TPSA) is 89.8 Å². The normalized spacial score (nSPS) is 14.4. The van der Waals surface area contributed by atoms with Crippen molar-refractivity contribution in [3.63, 3.8) is 0 Å². The van der Waals surface area contributed by atoms with Crippen molar-refractivity contribution in [1.82, 2.24) is 5.32 Å². The maximum absolute atomic E-state index is 13.3. The number of aromatic carboxylic acids is 1. The van der Waals surface area contributed by atoms with E-state index in [1.54, 1.807) is 7.05 Å².